The van der Waals surface area contributed by atoms with E-state index in [0.717, 1.165) is 52.0 Å². The molecule has 1 unspecified atom stereocenters. The molecule has 14 nitrogen and oxygen atoms in total. The summed E-state index contributed by atoms with van der Waals surface area (Å²) >= 11 is 0. The molecule has 2 aliphatic rings. The molecule has 2 heterocycles. The van der Waals surface area contributed by atoms with Gasteiger partial charge in [-0.25, -0.2) is 14.6 Å². The Morgan fingerprint density at radius 2 is 1.50 bits per heavy atom. The number of aromatic nitrogens is 2. The Bertz CT molecular complexity index is 2240. The van der Waals surface area contributed by atoms with E-state index < -0.39 is 23.3 Å². The van der Waals surface area contributed by atoms with Crippen molar-refractivity contribution in [2.24, 2.45) is 11.8 Å². The summed E-state index contributed by atoms with van der Waals surface area (Å²) < 4.78 is 10.9. The summed E-state index contributed by atoms with van der Waals surface area (Å²) in [5.74, 6) is 0.121. The van der Waals surface area contributed by atoms with E-state index >= 15 is 0 Å². The second-order valence-corrected chi connectivity index (χ2v) is 18.9. The number of piperidine rings is 1. The second-order valence-electron chi connectivity index (χ2n) is 18.9. The maximum Gasteiger partial charge on any atom is 0.410 e. The molecule has 3 aromatic carbocycles. The number of imidazole rings is 1. The first-order valence-corrected chi connectivity index (χ1v) is 21.8. The van der Waals surface area contributed by atoms with E-state index in [1.807, 2.05) is 110 Å². The zero-order valence-electron chi connectivity index (χ0n) is 37.4. The van der Waals surface area contributed by atoms with Crippen LogP contribution < -0.4 is 21.3 Å². The van der Waals surface area contributed by atoms with Crippen LogP contribution in [-0.4, -0.2) is 87.7 Å². The topological polar surface area (TPSA) is 184 Å². The number of ether oxygens (including phenoxy) is 2. The van der Waals surface area contributed by atoms with Gasteiger partial charge in [0.2, 0.25) is 11.8 Å². The number of benzene rings is 3. The fourth-order valence-electron chi connectivity index (χ4n) is 8.10. The summed E-state index contributed by atoms with van der Waals surface area (Å²) in [6.07, 6.45) is 3.66. The minimum Gasteiger partial charge on any atom is -0.444 e. The van der Waals surface area contributed by atoms with Gasteiger partial charge in [-0.1, -0.05) is 30.3 Å². The van der Waals surface area contributed by atoms with Crippen LogP contribution in [0.1, 0.15) is 107 Å². The van der Waals surface area contributed by atoms with Crippen LogP contribution in [-0.2, 0) is 25.5 Å². The number of fused-ring (bicyclic) bond motifs is 1. The molecule has 1 aliphatic carbocycles. The zero-order chi connectivity index (χ0) is 44.8. The smallest absolute Gasteiger partial charge is 0.410 e. The molecule has 4 aromatic rings. The Hall–Kier alpha value is -5.92. The van der Waals surface area contributed by atoms with Gasteiger partial charge in [-0.15, -0.1) is 0 Å². The lowest BCUT2D eigenvalue weighted by Gasteiger charge is -2.33. The quantitative estimate of drug-likeness (QED) is 0.101. The number of alkyl carbamates (subject to hydrolysis) is 1. The highest BCUT2D eigenvalue weighted by atomic mass is 16.6. The summed E-state index contributed by atoms with van der Waals surface area (Å²) in [5.41, 5.74) is 5.37. The van der Waals surface area contributed by atoms with Crippen molar-refractivity contribution < 1.29 is 33.4 Å². The standard InChI is InChI=1S/C48H63N7O7/c1-29-25-35(43(57)52-36-21-23-55(24-22-36)46(60)62-48(6,7)8)17-19-38(29)33-13-9-31(10-14-33)26-41(44(58)53-37-18-20-39-40(27-37)51-30(2)50-39)54-42(56)34-15-11-32(12-16-34)28-49-45(59)61-47(3,4)5/h9-10,13-14,17-20,25,27,32,34,36,41H,11-12,15-16,21-24,26,28H2,1-8H3,(H,49,59)(H,50,51)(H,52,57)(H,53,58)(H,54,56). The minimum atomic E-state index is -0.844. The Labute approximate surface area is 364 Å². The lowest BCUT2D eigenvalue weighted by molar-refractivity contribution is -0.130. The van der Waals surface area contributed by atoms with Crippen molar-refractivity contribution in [3.05, 3.63) is 83.2 Å². The first-order valence-electron chi connectivity index (χ1n) is 21.8. The number of anilines is 1. The molecule has 14 heteroatoms. The molecule has 0 spiro atoms. The maximum absolute atomic E-state index is 14.0. The number of hydrogen-bond acceptors (Lipinski definition) is 8. The van der Waals surface area contributed by atoms with E-state index in [2.05, 4.69) is 31.2 Å². The highest BCUT2D eigenvalue weighted by Crippen LogP contribution is 2.30. The third-order valence-electron chi connectivity index (χ3n) is 11.3. The van der Waals surface area contributed by atoms with Crippen LogP contribution >= 0.6 is 0 Å². The molecule has 332 valence electrons. The molecule has 1 aromatic heterocycles. The molecule has 62 heavy (non-hydrogen) atoms. The van der Waals surface area contributed by atoms with Crippen LogP contribution in [0.4, 0.5) is 15.3 Å². The van der Waals surface area contributed by atoms with Gasteiger partial charge in [0.05, 0.1) is 11.0 Å². The van der Waals surface area contributed by atoms with Gasteiger partial charge in [0.15, 0.2) is 0 Å². The molecular formula is C48H63N7O7. The summed E-state index contributed by atoms with van der Waals surface area (Å²) in [6, 6.07) is 18.2. The molecule has 5 N–H and O–H groups in total. The normalized spacial score (nSPS) is 17.8. The zero-order valence-corrected chi connectivity index (χ0v) is 37.4. The van der Waals surface area contributed by atoms with Crippen LogP contribution in [0.3, 0.4) is 0 Å². The maximum atomic E-state index is 14.0. The van der Waals surface area contributed by atoms with Gasteiger partial charge < -0.3 is 40.6 Å². The number of nitrogens with zero attached hydrogens (tertiary/aromatic N) is 2. The number of aromatic amines is 1. The molecule has 1 atom stereocenters. The number of H-pyrrole nitrogens is 1. The SMILES string of the molecule is Cc1nc2ccc(NC(=O)C(Cc3ccc(-c4ccc(C(=O)NC5CCN(C(=O)OC(C)(C)C)CC5)cc4C)cc3)NC(=O)C3CCC(CNC(=O)OC(C)(C)C)CC3)cc2[nH]1. The fourth-order valence-corrected chi connectivity index (χ4v) is 8.10. The lowest BCUT2D eigenvalue weighted by atomic mass is 9.81. The Balaban J connectivity index is 1.07. The van der Waals surface area contributed by atoms with E-state index in [9.17, 15) is 24.0 Å². The summed E-state index contributed by atoms with van der Waals surface area (Å²) in [6.45, 7) is 16.4. The van der Waals surface area contributed by atoms with Crippen LogP contribution in [0.15, 0.2) is 60.7 Å². The van der Waals surface area contributed by atoms with Crippen molar-refractivity contribution in [1.82, 2.24) is 30.8 Å². The van der Waals surface area contributed by atoms with E-state index in [1.54, 1.807) is 11.0 Å². The highest BCUT2D eigenvalue weighted by Gasteiger charge is 2.31. The predicted octanol–water partition coefficient (Wildman–Crippen LogP) is 7.97. The predicted molar refractivity (Wildman–Crippen MR) is 240 cm³/mol. The molecule has 0 radical (unpaired) electrons. The molecule has 6 rings (SSSR count). The number of carbonyl (C=O) groups is 5. The number of rotatable bonds is 11. The van der Waals surface area contributed by atoms with Crippen LogP contribution in [0, 0.1) is 25.7 Å². The number of nitrogens with one attached hydrogen (secondary N) is 5. The third kappa shape index (κ3) is 12.8. The average molecular weight is 850 g/mol. The van der Waals surface area contributed by atoms with Gasteiger partial charge in [-0.2, -0.15) is 0 Å². The first kappa shape index (κ1) is 45.6. The molecule has 5 amide bonds. The van der Waals surface area contributed by atoms with Gasteiger partial charge in [0.1, 0.15) is 23.1 Å². The van der Waals surface area contributed by atoms with E-state index in [4.69, 9.17) is 9.47 Å². The molecular weight excluding hydrogens is 787 g/mol. The number of carbonyl (C=O) groups excluding carboxylic acids is 5. The summed E-state index contributed by atoms with van der Waals surface area (Å²) in [4.78, 5) is 75.0. The molecule has 2 fully saturated rings. The van der Waals surface area contributed by atoms with Crippen molar-refractivity contribution in [3.8, 4) is 11.1 Å². The molecule has 1 saturated carbocycles. The third-order valence-corrected chi connectivity index (χ3v) is 11.3. The van der Waals surface area contributed by atoms with Crippen molar-refractivity contribution >= 4 is 46.6 Å². The highest BCUT2D eigenvalue weighted by molar-refractivity contribution is 5.99. The molecule has 1 saturated heterocycles. The largest absolute Gasteiger partial charge is 0.444 e. The number of hydrogen-bond donors (Lipinski definition) is 5. The number of likely N-dealkylation sites (tertiary alicyclic amines) is 1. The van der Waals surface area contributed by atoms with Crippen molar-refractivity contribution in [2.75, 3.05) is 25.0 Å². The van der Waals surface area contributed by atoms with Crippen LogP contribution in [0.5, 0.6) is 0 Å². The van der Waals surface area contributed by atoms with Gasteiger partial charge in [-0.3, -0.25) is 14.4 Å². The Kier molecular flexibility index (Phi) is 14.3. The van der Waals surface area contributed by atoms with Crippen molar-refractivity contribution in [3.63, 3.8) is 0 Å². The molecule has 0 bridgehead atoms. The van der Waals surface area contributed by atoms with Crippen LogP contribution in [0.25, 0.3) is 22.2 Å². The van der Waals surface area contributed by atoms with Crippen molar-refractivity contribution in [2.45, 2.75) is 124 Å². The average Bonchev–Trinajstić information content (AvgIpc) is 3.58. The van der Waals surface area contributed by atoms with E-state index in [0.29, 0.717) is 56.6 Å². The Morgan fingerprint density at radius 3 is 2.15 bits per heavy atom. The van der Waals surface area contributed by atoms with Crippen LogP contribution in [0.2, 0.25) is 0 Å². The molecule has 1 aliphatic heterocycles. The summed E-state index contributed by atoms with van der Waals surface area (Å²) in [5, 5.41) is 12.1. The van der Waals surface area contributed by atoms with E-state index in [-0.39, 0.29) is 48.1 Å². The van der Waals surface area contributed by atoms with Gasteiger partial charge in [0.25, 0.3) is 5.91 Å². The monoisotopic (exact) mass is 849 g/mol. The first-order chi connectivity index (χ1) is 29.3. The van der Waals surface area contributed by atoms with Crippen molar-refractivity contribution in [1.29, 1.82) is 0 Å². The van der Waals surface area contributed by atoms with Gasteiger partial charge >= 0.3 is 12.2 Å². The second kappa shape index (κ2) is 19.4. The number of amides is 5. The number of aryl methyl sites for hydroxylation is 2. The fraction of sp³-hybridized carbons (Fsp3) is 0.500. The van der Waals surface area contributed by atoms with Gasteiger partial charge in [-0.05, 0) is 152 Å². The Morgan fingerprint density at radius 1 is 0.823 bits per heavy atom. The lowest BCUT2D eigenvalue weighted by Crippen LogP contribution is -2.48. The summed E-state index contributed by atoms with van der Waals surface area (Å²) in [7, 11) is 0. The minimum absolute atomic E-state index is 0.0384. The van der Waals surface area contributed by atoms with Gasteiger partial charge in [0, 0.05) is 49.3 Å². The van der Waals surface area contributed by atoms with E-state index in [1.165, 1.54) is 0 Å².